The second kappa shape index (κ2) is 6.59. The van der Waals surface area contributed by atoms with E-state index in [1.807, 2.05) is 12.1 Å². The molecule has 0 heterocycles. The molecular formula is C22H14F2O2S. The molecule has 0 N–H and O–H groups in total. The Bertz CT molecular complexity index is 1250. The van der Waals surface area contributed by atoms with E-state index in [9.17, 15) is 17.2 Å². The number of halogens is 2. The van der Waals surface area contributed by atoms with Crippen molar-refractivity contribution in [1.29, 1.82) is 0 Å². The molecule has 0 aliphatic heterocycles. The molecule has 0 aromatic heterocycles. The number of hydrogen-bond acceptors (Lipinski definition) is 2. The molecule has 0 aliphatic rings. The lowest BCUT2D eigenvalue weighted by molar-refractivity contribution is 0.567. The van der Waals surface area contributed by atoms with E-state index in [4.69, 9.17) is 0 Å². The summed E-state index contributed by atoms with van der Waals surface area (Å²) in [5.74, 6) is -1.08. The Morgan fingerprint density at radius 1 is 0.630 bits per heavy atom. The molecule has 4 aromatic rings. The van der Waals surface area contributed by atoms with Crippen molar-refractivity contribution in [2.75, 3.05) is 0 Å². The van der Waals surface area contributed by atoms with E-state index in [2.05, 4.69) is 0 Å². The normalized spacial score (nSPS) is 11.6. The third kappa shape index (κ3) is 3.22. The van der Waals surface area contributed by atoms with E-state index in [0.29, 0.717) is 0 Å². The molecule has 0 radical (unpaired) electrons. The largest absolute Gasteiger partial charge is 0.218 e. The zero-order chi connectivity index (χ0) is 19.0. The maximum absolute atomic E-state index is 13.9. The van der Waals surface area contributed by atoms with Crippen LogP contribution in [0.15, 0.2) is 94.7 Å². The Hall–Kier alpha value is -3.05. The Labute approximate surface area is 155 Å². The van der Waals surface area contributed by atoms with Crippen LogP contribution in [0.4, 0.5) is 8.78 Å². The van der Waals surface area contributed by atoms with Crippen molar-refractivity contribution in [2.24, 2.45) is 0 Å². The van der Waals surface area contributed by atoms with E-state index in [0.717, 1.165) is 28.0 Å². The lowest BCUT2D eigenvalue weighted by Crippen LogP contribution is -2.04. The standard InChI is InChI=1S/C22H14F2O2S/c23-19-10-7-15(8-11-19)16-5-6-18-14-20(12-9-17(18)13-16)27(25,26)22-4-2-1-3-21(22)24/h1-14H. The van der Waals surface area contributed by atoms with Crippen LogP contribution in [0.2, 0.25) is 0 Å². The van der Waals surface area contributed by atoms with Gasteiger partial charge in [-0.3, -0.25) is 0 Å². The van der Waals surface area contributed by atoms with E-state index in [1.165, 1.54) is 42.5 Å². The summed E-state index contributed by atoms with van der Waals surface area (Å²) in [5.41, 5.74) is 1.76. The summed E-state index contributed by atoms with van der Waals surface area (Å²) in [6.45, 7) is 0. The van der Waals surface area contributed by atoms with Crippen LogP contribution in [0, 0.1) is 11.6 Å². The minimum absolute atomic E-state index is 0.0367. The van der Waals surface area contributed by atoms with Crippen molar-refractivity contribution < 1.29 is 17.2 Å². The molecule has 0 saturated carbocycles. The predicted molar refractivity (Wildman–Crippen MR) is 101 cm³/mol. The highest BCUT2D eigenvalue weighted by molar-refractivity contribution is 7.91. The number of hydrogen-bond donors (Lipinski definition) is 0. The fourth-order valence-corrected chi connectivity index (χ4v) is 4.37. The lowest BCUT2D eigenvalue weighted by Gasteiger charge is -2.08. The van der Waals surface area contributed by atoms with Crippen molar-refractivity contribution in [1.82, 2.24) is 0 Å². The van der Waals surface area contributed by atoms with Gasteiger partial charge in [-0.15, -0.1) is 0 Å². The molecule has 27 heavy (non-hydrogen) atoms. The summed E-state index contributed by atoms with van der Waals surface area (Å²) in [5, 5.41) is 1.56. The third-order valence-corrected chi connectivity index (χ3v) is 6.21. The van der Waals surface area contributed by atoms with Crippen molar-refractivity contribution in [2.45, 2.75) is 9.79 Å². The minimum Gasteiger partial charge on any atom is -0.218 e. The molecular weight excluding hydrogens is 366 g/mol. The zero-order valence-electron chi connectivity index (χ0n) is 14.1. The summed E-state index contributed by atoms with van der Waals surface area (Å²) in [4.78, 5) is -0.304. The van der Waals surface area contributed by atoms with Gasteiger partial charge in [0.05, 0.1) is 4.90 Å². The number of benzene rings is 4. The first kappa shape index (κ1) is 17.4. The quantitative estimate of drug-likeness (QED) is 0.462. The number of sulfone groups is 1. The van der Waals surface area contributed by atoms with E-state index < -0.39 is 15.7 Å². The maximum Gasteiger partial charge on any atom is 0.209 e. The molecule has 0 fully saturated rings. The highest BCUT2D eigenvalue weighted by Gasteiger charge is 2.21. The van der Waals surface area contributed by atoms with Crippen molar-refractivity contribution >= 4 is 20.6 Å². The van der Waals surface area contributed by atoms with Gasteiger partial charge in [0.2, 0.25) is 9.84 Å². The monoisotopic (exact) mass is 380 g/mol. The Morgan fingerprint density at radius 2 is 1.26 bits per heavy atom. The van der Waals surface area contributed by atoms with Gasteiger partial charge < -0.3 is 0 Å². The fourth-order valence-electron chi connectivity index (χ4n) is 3.00. The van der Waals surface area contributed by atoms with Crippen LogP contribution in [0.1, 0.15) is 0 Å². The molecule has 0 unspecified atom stereocenters. The molecule has 0 aliphatic carbocycles. The van der Waals surface area contributed by atoms with Crippen LogP contribution in [-0.4, -0.2) is 8.42 Å². The van der Waals surface area contributed by atoms with Crippen LogP contribution in [-0.2, 0) is 9.84 Å². The van der Waals surface area contributed by atoms with Gasteiger partial charge in [0.15, 0.2) is 0 Å². The minimum atomic E-state index is -3.94. The fraction of sp³-hybridized carbons (Fsp3) is 0. The van der Waals surface area contributed by atoms with Crippen LogP contribution >= 0.6 is 0 Å². The molecule has 0 saturated heterocycles. The topological polar surface area (TPSA) is 34.1 Å². The average Bonchev–Trinajstić information content (AvgIpc) is 2.68. The number of fused-ring (bicyclic) bond motifs is 1. The van der Waals surface area contributed by atoms with Gasteiger partial charge in [0, 0.05) is 0 Å². The van der Waals surface area contributed by atoms with Gasteiger partial charge in [0.25, 0.3) is 0 Å². The molecule has 0 bridgehead atoms. The summed E-state index contributed by atoms with van der Waals surface area (Å²) in [6.07, 6.45) is 0. The highest BCUT2D eigenvalue weighted by atomic mass is 32.2. The molecule has 4 rings (SSSR count). The Balaban J connectivity index is 1.78. The van der Waals surface area contributed by atoms with Crippen molar-refractivity contribution in [3.63, 3.8) is 0 Å². The summed E-state index contributed by atoms with van der Waals surface area (Å²) in [6, 6.07) is 21.7. The predicted octanol–water partition coefficient (Wildman–Crippen LogP) is 5.62. The summed E-state index contributed by atoms with van der Waals surface area (Å²) in [7, 11) is -3.94. The lowest BCUT2D eigenvalue weighted by atomic mass is 10.0. The van der Waals surface area contributed by atoms with Crippen molar-refractivity contribution in [3.8, 4) is 11.1 Å². The molecule has 0 atom stereocenters. The van der Waals surface area contributed by atoms with Crippen LogP contribution in [0.3, 0.4) is 0 Å². The van der Waals surface area contributed by atoms with Gasteiger partial charge in [0.1, 0.15) is 16.5 Å². The second-order valence-corrected chi connectivity index (χ2v) is 8.08. The van der Waals surface area contributed by atoms with Crippen molar-refractivity contribution in [3.05, 3.63) is 96.6 Å². The molecule has 5 heteroatoms. The second-order valence-electron chi connectivity index (χ2n) is 6.16. The zero-order valence-corrected chi connectivity index (χ0v) is 14.9. The first-order valence-corrected chi connectivity index (χ1v) is 9.73. The van der Waals surface area contributed by atoms with E-state index in [-0.39, 0.29) is 15.6 Å². The molecule has 2 nitrogen and oxygen atoms in total. The van der Waals surface area contributed by atoms with Crippen LogP contribution in [0.5, 0.6) is 0 Å². The third-order valence-electron chi connectivity index (χ3n) is 4.43. The van der Waals surface area contributed by atoms with Gasteiger partial charge in [-0.25, -0.2) is 17.2 Å². The molecule has 134 valence electrons. The van der Waals surface area contributed by atoms with Crippen LogP contribution in [0.25, 0.3) is 21.9 Å². The van der Waals surface area contributed by atoms with Crippen LogP contribution < -0.4 is 0 Å². The van der Waals surface area contributed by atoms with E-state index in [1.54, 1.807) is 24.3 Å². The summed E-state index contributed by atoms with van der Waals surface area (Å²) >= 11 is 0. The molecule has 0 amide bonds. The SMILES string of the molecule is O=S(=O)(c1ccc2cc(-c3ccc(F)cc3)ccc2c1)c1ccccc1F. The van der Waals surface area contributed by atoms with E-state index >= 15 is 0 Å². The smallest absolute Gasteiger partial charge is 0.209 e. The Morgan fingerprint density at radius 3 is 2.00 bits per heavy atom. The van der Waals surface area contributed by atoms with Gasteiger partial charge in [-0.1, -0.05) is 42.5 Å². The Kier molecular flexibility index (Phi) is 4.24. The first-order chi connectivity index (χ1) is 12.9. The van der Waals surface area contributed by atoms with Gasteiger partial charge in [-0.2, -0.15) is 0 Å². The first-order valence-electron chi connectivity index (χ1n) is 8.24. The molecule has 0 spiro atoms. The summed E-state index contributed by atoms with van der Waals surface area (Å²) < 4.78 is 52.5. The highest BCUT2D eigenvalue weighted by Crippen LogP contribution is 2.29. The number of rotatable bonds is 3. The average molecular weight is 380 g/mol. The van der Waals surface area contributed by atoms with Gasteiger partial charge >= 0.3 is 0 Å². The molecule has 4 aromatic carbocycles. The maximum atomic E-state index is 13.9. The van der Waals surface area contributed by atoms with Gasteiger partial charge in [-0.05, 0) is 64.4 Å².